The van der Waals surface area contributed by atoms with Gasteiger partial charge in [0, 0.05) is 18.3 Å². The molecule has 170 valence electrons. The number of hydrogen-bond acceptors (Lipinski definition) is 4. The molecule has 1 heterocycles. The predicted octanol–water partition coefficient (Wildman–Crippen LogP) is 6.29. The van der Waals surface area contributed by atoms with E-state index >= 15 is 0 Å². The van der Waals surface area contributed by atoms with Gasteiger partial charge in [0.25, 0.3) is 0 Å². The zero-order valence-corrected chi connectivity index (χ0v) is 19.7. The SMILES string of the molecule is C/C=C\C=C/COc1cccc(C2N/C=C/C=C\C=C\N/C(CC(C)(C)CC=O)=C\2C)c1. The second-order valence-corrected chi connectivity index (χ2v) is 8.56. The number of aldehydes is 1. The molecule has 2 N–H and O–H groups in total. The fourth-order valence-electron chi connectivity index (χ4n) is 3.44. The van der Waals surface area contributed by atoms with Crippen molar-refractivity contribution < 1.29 is 9.53 Å². The molecule has 1 aromatic carbocycles. The Hall–Kier alpha value is -3.27. The molecule has 1 aromatic rings. The third-order valence-corrected chi connectivity index (χ3v) is 5.22. The van der Waals surface area contributed by atoms with Gasteiger partial charge < -0.3 is 20.2 Å². The van der Waals surface area contributed by atoms with Gasteiger partial charge in [-0.1, -0.05) is 56.4 Å². The van der Waals surface area contributed by atoms with E-state index in [1.807, 2.05) is 80.1 Å². The first-order chi connectivity index (χ1) is 15.5. The van der Waals surface area contributed by atoms with E-state index in [-0.39, 0.29) is 11.5 Å². The van der Waals surface area contributed by atoms with E-state index in [0.29, 0.717) is 13.0 Å². The Balaban J connectivity index is 2.37. The van der Waals surface area contributed by atoms with Crippen molar-refractivity contribution in [3.63, 3.8) is 0 Å². The van der Waals surface area contributed by atoms with Gasteiger partial charge in [0.05, 0.1) is 6.04 Å². The van der Waals surface area contributed by atoms with Crippen molar-refractivity contribution in [3.05, 3.63) is 102 Å². The van der Waals surface area contributed by atoms with Crippen LogP contribution in [0.15, 0.2) is 96.5 Å². The predicted molar refractivity (Wildman–Crippen MR) is 134 cm³/mol. The van der Waals surface area contributed by atoms with Crippen molar-refractivity contribution in [3.8, 4) is 5.75 Å². The number of ether oxygens (including phenoxy) is 1. The highest BCUT2D eigenvalue weighted by atomic mass is 16.5. The van der Waals surface area contributed by atoms with Gasteiger partial charge in [-0.3, -0.25) is 0 Å². The van der Waals surface area contributed by atoms with Crippen molar-refractivity contribution in [1.29, 1.82) is 0 Å². The Labute approximate surface area is 193 Å². The number of hydrogen-bond donors (Lipinski definition) is 2. The van der Waals surface area contributed by atoms with Crippen molar-refractivity contribution in [2.45, 2.75) is 46.6 Å². The quantitative estimate of drug-likeness (QED) is 0.355. The molecule has 4 heteroatoms. The molecule has 0 bridgehead atoms. The molecule has 0 amide bonds. The first kappa shape index (κ1) is 25.0. The summed E-state index contributed by atoms with van der Waals surface area (Å²) in [5, 5.41) is 7.00. The van der Waals surface area contributed by atoms with Gasteiger partial charge in [0.1, 0.15) is 18.6 Å². The Kier molecular flexibility index (Phi) is 10.3. The molecule has 1 aliphatic rings. The van der Waals surface area contributed by atoms with E-state index in [0.717, 1.165) is 29.7 Å². The van der Waals surface area contributed by atoms with Crippen LogP contribution in [0, 0.1) is 5.41 Å². The van der Waals surface area contributed by atoms with Gasteiger partial charge in [-0.05, 0) is 73.4 Å². The van der Waals surface area contributed by atoms with E-state index in [1.165, 1.54) is 5.57 Å². The molecule has 1 unspecified atom stereocenters. The van der Waals surface area contributed by atoms with Crippen molar-refractivity contribution in [2.75, 3.05) is 6.61 Å². The van der Waals surface area contributed by atoms with Crippen LogP contribution in [0.2, 0.25) is 0 Å². The Morgan fingerprint density at radius 3 is 2.62 bits per heavy atom. The molecule has 0 aliphatic carbocycles. The van der Waals surface area contributed by atoms with Gasteiger partial charge in [0.15, 0.2) is 0 Å². The highest BCUT2D eigenvalue weighted by Gasteiger charge is 2.23. The van der Waals surface area contributed by atoms with E-state index < -0.39 is 0 Å². The summed E-state index contributed by atoms with van der Waals surface area (Å²) in [5.41, 5.74) is 3.25. The van der Waals surface area contributed by atoms with Gasteiger partial charge in [-0.25, -0.2) is 0 Å². The van der Waals surface area contributed by atoms with E-state index in [2.05, 4.69) is 43.5 Å². The summed E-state index contributed by atoms with van der Waals surface area (Å²) >= 11 is 0. The molecule has 0 radical (unpaired) electrons. The maximum Gasteiger partial charge on any atom is 0.120 e. The van der Waals surface area contributed by atoms with Crippen molar-refractivity contribution >= 4 is 6.29 Å². The average molecular weight is 433 g/mol. The molecule has 32 heavy (non-hydrogen) atoms. The van der Waals surface area contributed by atoms with Crippen molar-refractivity contribution in [2.24, 2.45) is 5.41 Å². The highest BCUT2D eigenvalue weighted by Crippen LogP contribution is 2.33. The monoisotopic (exact) mass is 432 g/mol. The summed E-state index contributed by atoms with van der Waals surface area (Å²) in [6.07, 6.45) is 22.0. The molecular formula is C28H36N2O2. The molecule has 4 nitrogen and oxygen atoms in total. The molecule has 0 saturated heterocycles. The van der Waals surface area contributed by atoms with Crippen LogP contribution in [-0.2, 0) is 4.79 Å². The Morgan fingerprint density at radius 1 is 1.09 bits per heavy atom. The zero-order chi connectivity index (χ0) is 23.2. The standard InChI is InChI=1S/C28H36N2O2/c1-5-6-7-12-20-32-25-15-13-14-24(21-25)27-23(2)26(22-28(3,4)16-19-31)29-17-10-8-9-11-18-30-27/h5-15,17-19,21,27,29-30H,16,20,22H2,1-4H3/b6-5-,9-8-,12-7-,17-10+,18-11+,26-23-. The molecule has 2 rings (SSSR count). The van der Waals surface area contributed by atoms with Crippen LogP contribution in [0.5, 0.6) is 5.75 Å². The average Bonchev–Trinajstić information content (AvgIpc) is 2.80. The number of carbonyl (C=O) groups is 1. The van der Waals surface area contributed by atoms with Crippen LogP contribution >= 0.6 is 0 Å². The molecule has 0 saturated carbocycles. The maximum atomic E-state index is 11.2. The second kappa shape index (κ2) is 13.2. The molecule has 0 spiro atoms. The first-order valence-corrected chi connectivity index (χ1v) is 11.1. The number of rotatable bonds is 9. The number of allylic oxidation sites excluding steroid dienone is 8. The Morgan fingerprint density at radius 2 is 1.88 bits per heavy atom. The summed E-state index contributed by atoms with van der Waals surface area (Å²) in [6, 6.07) is 8.15. The summed E-state index contributed by atoms with van der Waals surface area (Å²) < 4.78 is 5.92. The molecular weight excluding hydrogens is 396 g/mol. The minimum atomic E-state index is -0.139. The second-order valence-electron chi connectivity index (χ2n) is 8.56. The third-order valence-electron chi connectivity index (χ3n) is 5.22. The zero-order valence-electron chi connectivity index (χ0n) is 19.7. The fourth-order valence-corrected chi connectivity index (χ4v) is 3.44. The summed E-state index contributed by atoms with van der Waals surface area (Å²) in [5.74, 6) is 0.830. The summed E-state index contributed by atoms with van der Waals surface area (Å²) in [4.78, 5) is 11.2. The fraction of sp³-hybridized carbons (Fsp3) is 0.321. The highest BCUT2D eigenvalue weighted by molar-refractivity contribution is 5.50. The number of carbonyl (C=O) groups excluding carboxylic acids is 1. The lowest BCUT2D eigenvalue weighted by Crippen LogP contribution is -2.24. The lowest BCUT2D eigenvalue weighted by Gasteiger charge is -2.28. The lowest BCUT2D eigenvalue weighted by atomic mass is 9.83. The molecule has 1 aliphatic heterocycles. The first-order valence-electron chi connectivity index (χ1n) is 11.1. The van der Waals surface area contributed by atoms with Crippen LogP contribution < -0.4 is 15.4 Å². The number of benzene rings is 1. The van der Waals surface area contributed by atoms with Crippen LogP contribution in [0.1, 0.15) is 52.1 Å². The van der Waals surface area contributed by atoms with Gasteiger partial charge in [0.2, 0.25) is 0 Å². The van der Waals surface area contributed by atoms with Gasteiger partial charge >= 0.3 is 0 Å². The minimum Gasteiger partial charge on any atom is -0.490 e. The largest absolute Gasteiger partial charge is 0.490 e. The summed E-state index contributed by atoms with van der Waals surface area (Å²) in [6.45, 7) is 8.88. The van der Waals surface area contributed by atoms with Crippen molar-refractivity contribution in [1.82, 2.24) is 10.6 Å². The van der Waals surface area contributed by atoms with Gasteiger partial charge in [-0.2, -0.15) is 0 Å². The smallest absolute Gasteiger partial charge is 0.120 e. The molecule has 1 atom stereocenters. The van der Waals surface area contributed by atoms with E-state index in [4.69, 9.17) is 4.74 Å². The lowest BCUT2D eigenvalue weighted by molar-refractivity contribution is -0.109. The van der Waals surface area contributed by atoms with Crippen LogP contribution in [0.25, 0.3) is 0 Å². The molecule has 0 aromatic heterocycles. The summed E-state index contributed by atoms with van der Waals surface area (Å²) in [7, 11) is 0. The topological polar surface area (TPSA) is 50.4 Å². The minimum absolute atomic E-state index is 0.0391. The normalized spacial score (nSPS) is 22.6. The van der Waals surface area contributed by atoms with E-state index in [9.17, 15) is 4.79 Å². The Bertz CT molecular complexity index is 917. The third kappa shape index (κ3) is 8.46. The van der Waals surface area contributed by atoms with Crippen LogP contribution in [0.3, 0.4) is 0 Å². The number of nitrogens with one attached hydrogen (secondary N) is 2. The van der Waals surface area contributed by atoms with Gasteiger partial charge in [-0.15, -0.1) is 0 Å². The van der Waals surface area contributed by atoms with E-state index in [1.54, 1.807) is 0 Å². The van der Waals surface area contributed by atoms with Crippen LogP contribution in [-0.4, -0.2) is 12.9 Å². The maximum absolute atomic E-state index is 11.2. The molecule has 0 fully saturated rings. The van der Waals surface area contributed by atoms with Crippen LogP contribution in [0.4, 0.5) is 0 Å².